The van der Waals surface area contributed by atoms with Gasteiger partial charge in [0, 0.05) is 18.9 Å². The predicted octanol–water partition coefficient (Wildman–Crippen LogP) is 1.52. The van der Waals surface area contributed by atoms with Crippen LogP contribution < -0.4 is 5.32 Å². The van der Waals surface area contributed by atoms with E-state index in [9.17, 15) is 9.18 Å². The van der Waals surface area contributed by atoms with E-state index in [1.165, 1.54) is 0 Å². The summed E-state index contributed by atoms with van der Waals surface area (Å²) < 4.78 is 15.1. The van der Waals surface area contributed by atoms with Gasteiger partial charge in [-0.2, -0.15) is 0 Å². The summed E-state index contributed by atoms with van der Waals surface area (Å²) in [6.07, 6.45) is 4.53. The predicted molar refractivity (Wildman–Crippen MR) is 57.9 cm³/mol. The second-order valence-corrected chi connectivity index (χ2v) is 4.06. The summed E-state index contributed by atoms with van der Waals surface area (Å²) in [6, 6.07) is -0.338. The fraction of sp³-hybridized carbons (Fsp3) is 0.636. The molecule has 1 amide bonds. The topological polar surface area (TPSA) is 46.9 Å². The van der Waals surface area contributed by atoms with Crippen LogP contribution in [0.25, 0.3) is 0 Å². The van der Waals surface area contributed by atoms with Crippen molar-refractivity contribution in [3.63, 3.8) is 0 Å². The lowest BCUT2D eigenvalue weighted by Gasteiger charge is -2.14. The molecule has 4 nitrogen and oxygen atoms in total. The molecule has 2 atom stereocenters. The number of carbonyl (C=O) groups is 1. The third kappa shape index (κ3) is 2.08. The normalized spacial score (nSPS) is 24.6. The third-order valence-electron chi connectivity index (χ3n) is 3.01. The summed E-state index contributed by atoms with van der Waals surface area (Å²) in [4.78, 5) is 15.8. The summed E-state index contributed by atoms with van der Waals surface area (Å²) >= 11 is 0. The number of rotatable bonds is 3. The van der Waals surface area contributed by atoms with Crippen LogP contribution in [-0.4, -0.2) is 27.7 Å². The molecule has 1 saturated carbocycles. The first-order chi connectivity index (χ1) is 7.72. The Labute approximate surface area is 93.9 Å². The molecule has 0 saturated heterocycles. The Morgan fingerprint density at radius 1 is 1.69 bits per heavy atom. The van der Waals surface area contributed by atoms with Gasteiger partial charge in [0.05, 0.1) is 6.04 Å². The van der Waals surface area contributed by atoms with E-state index in [1.807, 2.05) is 6.92 Å². The van der Waals surface area contributed by atoms with E-state index in [1.54, 1.807) is 17.0 Å². The van der Waals surface area contributed by atoms with Crippen LogP contribution in [0.3, 0.4) is 0 Å². The molecule has 5 heteroatoms. The van der Waals surface area contributed by atoms with Gasteiger partial charge in [0.2, 0.25) is 0 Å². The molecule has 1 N–H and O–H groups in total. The van der Waals surface area contributed by atoms with Crippen molar-refractivity contribution >= 4 is 5.91 Å². The number of aromatic nitrogens is 2. The molecule has 0 radical (unpaired) electrons. The van der Waals surface area contributed by atoms with Crippen molar-refractivity contribution in [1.29, 1.82) is 0 Å². The molecule has 1 fully saturated rings. The molecule has 1 aromatic heterocycles. The molecule has 0 aliphatic heterocycles. The van der Waals surface area contributed by atoms with Gasteiger partial charge in [-0.05, 0) is 26.2 Å². The van der Waals surface area contributed by atoms with Gasteiger partial charge < -0.3 is 9.88 Å². The first kappa shape index (κ1) is 11.1. The van der Waals surface area contributed by atoms with Crippen LogP contribution in [0.15, 0.2) is 12.4 Å². The molecule has 0 aromatic carbocycles. The average Bonchev–Trinajstić information content (AvgIpc) is 2.87. The van der Waals surface area contributed by atoms with Gasteiger partial charge in [0.1, 0.15) is 6.17 Å². The van der Waals surface area contributed by atoms with Crippen molar-refractivity contribution < 1.29 is 9.18 Å². The van der Waals surface area contributed by atoms with Gasteiger partial charge in [-0.1, -0.05) is 0 Å². The molecule has 1 aliphatic rings. The molecule has 16 heavy (non-hydrogen) atoms. The quantitative estimate of drug-likeness (QED) is 0.847. The van der Waals surface area contributed by atoms with E-state index in [4.69, 9.17) is 0 Å². The number of carbonyl (C=O) groups excluding carboxylic acids is 1. The van der Waals surface area contributed by atoms with Crippen LogP contribution in [-0.2, 0) is 6.54 Å². The van der Waals surface area contributed by atoms with E-state index >= 15 is 0 Å². The minimum Gasteiger partial charge on any atom is -0.344 e. The number of halogens is 1. The van der Waals surface area contributed by atoms with E-state index in [0.29, 0.717) is 18.8 Å². The van der Waals surface area contributed by atoms with Crippen LogP contribution in [0.5, 0.6) is 0 Å². The highest BCUT2D eigenvalue weighted by Crippen LogP contribution is 2.22. The van der Waals surface area contributed by atoms with Crippen LogP contribution in [0, 0.1) is 0 Å². The maximum atomic E-state index is 13.3. The van der Waals surface area contributed by atoms with Crippen LogP contribution >= 0.6 is 0 Å². The molecule has 0 unspecified atom stereocenters. The minimum atomic E-state index is -0.908. The fourth-order valence-electron chi connectivity index (χ4n) is 2.08. The Morgan fingerprint density at radius 2 is 2.50 bits per heavy atom. The van der Waals surface area contributed by atoms with E-state index in [2.05, 4.69) is 10.3 Å². The van der Waals surface area contributed by atoms with E-state index < -0.39 is 6.17 Å². The largest absolute Gasteiger partial charge is 0.344 e. The van der Waals surface area contributed by atoms with Crippen molar-refractivity contribution in [2.24, 2.45) is 0 Å². The van der Waals surface area contributed by atoms with Crippen molar-refractivity contribution in [2.45, 2.75) is 44.9 Å². The molecule has 1 aromatic rings. The summed E-state index contributed by atoms with van der Waals surface area (Å²) in [6.45, 7) is 2.62. The zero-order valence-electron chi connectivity index (χ0n) is 9.32. The Morgan fingerprint density at radius 3 is 3.12 bits per heavy atom. The molecular formula is C11H16FN3O. The highest BCUT2D eigenvalue weighted by molar-refractivity contribution is 5.91. The number of nitrogens with one attached hydrogen (secondary N) is 1. The molecule has 1 heterocycles. The van der Waals surface area contributed by atoms with Gasteiger partial charge in [-0.3, -0.25) is 4.79 Å². The standard InChI is InChI=1S/C11H16FN3O/c1-2-15-7-6-13-10(15)11(16)14-9-5-3-4-8(9)12/h6-9H,2-5H2,1H3,(H,14,16)/t8-,9+/m1/s1. The summed E-state index contributed by atoms with van der Waals surface area (Å²) in [5, 5.41) is 2.71. The maximum Gasteiger partial charge on any atom is 0.287 e. The molecule has 0 bridgehead atoms. The molecule has 0 spiro atoms. The zero-order valence-corrected chi connectivity index (χ0v) is 9.32. The SMILES string of the molecule is CCn1ccnc1C(=O)N[C@H]1CCC[C@H]1F. The second-order valence-electron chi connectivity index (χ2n) is 4.06. The Bertz CT molecular complexity index is 377. The Kier molecular flexibility index (Phi) is 3.22. The number of nitrogens with zero attached hydrogens (tertiary/aromatic N) is 2. The second kappa shape index (κ2) is 4.63. The Hall–Kier alpha value is -1.39. The van der Waals surface area contributed by atoms with Crippen LogP contribution in [0.1, 0.15) is 36.8 Å². The number of amides is 1. The first-order valence-electron chi connectivity index (χ1n) is 5.68. The number of hydrogen-bond acceptors (Lipinski definition) is 2. The number of imidazole rings is 1. The molecule has 88 valence electrons. The zero-order chi connectivity index (χ0) is 11.5. The highest BCUT2D eigenvalue weighted by Gasteiger charge is 2.29. The van der Waals surface area contributed by atoms with E-state index in [-0.39, 0.29) is 11.9 Å². The smallest absolute Gasteiger partial charge is 0.287 e. The van der Waals surface area contributed by atoms with Gasteiger partial charge in [0.15, 0.2) is 5.82 Å². The minimum absolute atomic E-state index is 0.276. The summed E-state index contributed by atoms with van der Waals surface area (Å²) in [5.41, 5.74) is 0. The molecule has 1 aliphatic carbocycles. The van der Waals surface area contributed by atoms with Crippen molar-refractivity contribution in [1.82, 2.24) is 14.9 Å². The van der Waals surface area contributed by atoms with Crippen molar-refractivity contribution in [2.75, 3.05) is 0 Å². The molecule has 2 rings (SSSR count). The van der Waals surface area contributed by atoms with Crippen LogP contribution in [0.4, 0.5) is 4.39 Å². The summed E-state index contributed by atoms with van der Waals surface area (Å²) in [5.74, 6) is 0.0861. The van der Waals surface area contributed by atoms with Crippen LogP contribution in [0.2, 0.25) is 0 Å². The number of hydrogen-bond donors (Lipinski definition) is 1. The summed E-state index contributed by atoms with van der Waals surface area (Å²) in [7, 11) is 0. The van der Waals surface area contributed by atoms with Crippen molar-refractivity contribution in [3.8, 4) is 0 Å². The van der Waals surface area contributed by atoms with Gasteiger partial charge in [0.25, 0.3) is 5.91 Å². The highest BCUT2D eigenvalue weighted by atomic mass is 19.1. The van der Waals surface area contributed by atoms with Gasteiger partial charge in [-0.15, -0.1) is 0 Å². The van der Waals surface area contributed by atoms with E-state index in [0.717, 1.165) is 12.8 Å². The van der Waals surface area contributed by atoms with Gasteiger partial charge >= 0.3 is 0 Å². The lowest BCUT2D eigenvalue weighted by Crippen LogP contribution is -2.39. The maximum absolute atomic E-state index is 13.3. The van der Waals surface area contributed by atoms with Gasteiger partial charge in [-0.25, -0.2) is 9.37 Å². The number of aryl methyl sites for hydroxylation is 1. The molecular weight excluding hydrogens is 209 g/mol. The third-order valence-corrected chi connectivity index (χ3v) is 3.01. The van der Waals surface area contributed by atoms with Crippen molar-refractivity contribution in [3.05, 3.63) is 18.2 Å². The first-order valence-corrected chi connectivity index (χ1v) is 5.68. The average molecular weight is 225 g/mol. The fourth-order valence-corrected chi connectivity index (χ4v) is 2.08. The lowest BCUT2D eigenvalue weighted by molar-refractivity contribution is 0.0904. The monoisotopic (exact) mass is 225 g/mol. The number of alkyl halides is 1. The Balaban J connectivity index is 2.02. The lowest BCUT2D eigenvalue weighted by atomic mass is 10.2.